The molecule has 0 aliphatic heterocycles. The molecular weight excluding hydrogens is 808 g/mol. The molecule has 0 saturated carbocycles. The fraction of sp³-hybridized carbons (Fsp3) is 0.660. The molecule has 354 valence electrons. The Morgan fingerprint density at radius 3 is 1.39 bits per heavy atom. The van der Waals surface area contributed by atoms with E-state index in [1.165, 1.54) is 32.1 Å². The van der Waals surface area contributed by atoms with Crippen molar-refractivity contribution in [2.75, 3.05) is 26.4 Å². The van der Waals surface area contributed by atoms with Gasteiger partial charge in [-0.2, -0.15) is 0 Å². The summed E-state index contributed by atoms with van der Waals surface area (Å²) >= 11 is 0. The normalized spacial score (nSPS) is 14.3. The Balaban J connectivity index is 4.92. The SMILES string of the molecule is CC/C=C\C/C=C\C/C=C\C/C=C\CCC(=O)OC(COC(=O)CCCCC/C=C\C/C=C\C/C=C\CC)COP(=O)(O)OCC(CO)OC(=O)CCCCCCCCCCC. The van der Waals surface area contributed by atoms with Gasteiger partial charge >= 0.3 is 25.7 Å². The zero-order valence-electron chi connectivity index (χ0n) is 38.6. The maximum Gasteiger partial charge on any atom is 0.472 e. The Morgan fingerprint density at radius 1 is 0.468 bits per heavy atom. The van der Waals surface area contributed by atoms with Crippen molar-refractivity contribution in [3.05, 3.63) is 85.1 Å². The van der Waals surface area contributed by atoms with Gasteiger partial charge in [-0.05, 0) is 77.0 Å². The van der Waals surface area contributed by atoms with Crippen LogP contribution in [0.5, 0.6) is 0 Å². The minimum atomic E-state index is -4.76. The largest absolute Gasteiger partial charge is 0.472 e. The summed E-state index contributed by atoms with van der Waals surface area (Å²) in [5.41, 5.74) is 0. The zero-order chi connectivity index (χ0) is 45.6. The Morgan fingerprint density at radius 2 is 0.871 bits per heavy atom. The Kier molecular flexibility index (Phi) is 41.9. The topological polar surface area (TPSA) is 155 Å². The van der Waals surface area contributed by atoms with Gasteiger partial charge in [-0.15, -0.1) is 0 Å². The highest BCUT2D eigenvalue weighted by atomic mass is 31.2. The number of aliphatic hydroxyl groups is 1. The summed E-state index contributed by atoms with van der Waals surface area (Å²) in [4.78, 5) is 48.0. The van der Waals surface area contributed by atoms with Crippen molar-refractivity contribution in [1.82, 2.24) is 0 Å². The number of hydrogen-bond donors (Lipinski definition) is 2. The highest BCUT2D eigenvalue weighted by Crippen LogP contribution is 2.43. The monoisotopic (exact) mass is 891 g/mol. The number of rotatable bonds is 42. The molecule has 62 heavy (non-hydrogen) atoms. The third-order valence-electron chi connectivity index (χ3n) is 9.33. The summed E-state index contributed by atoms with van der Waals surface area (Å²) in [7, 11) is -4.76. The summed E-state index contributed by atoms with van der Waals surface area (Å²) in [5, 5.41) is 9.71. The van der Waals surface area contributed by atoms with Gasteiger partial charge in [0.05, 0.1) is 19.8 Å². The predicted molar refractivity (Wildman–Crippen MR) is 251 cm³/mol. The van der Waals surface area contributed by atoms with Crippen molar-refractivity contribution in [3.63, 3.8) is 0 Å². The van der Waals surface area contributed by atoms with E-state index in [2.05, 4.69) is 93.7 Å². The van der Waals surface area contributed by atoms with E-state index in [4.69, 9.17) is 23.3 Å². The van der Waals surface area contributed by atoms with E-state index < -0.39 is 57.8 Å². The molecule has 0 heterocycles. The fourth-order valence-electron chi connectivity index (χ4n) is 5.79. The molecular formula is C50H83O11P. The second kappa shape index (κ2) is 44.3. The summed E-state index contributed by atoms with van der Waals surface area (Å²) in [6.45, 7) is 4.22. The number of hydrogen-bond acceptors (Lipinski definition) is 10. The van der Waals surface area contributed by atoms with E-state index in [0.29, 0.717) is 19.3 Å². The van der Waals surface area contributed by atoms with Crippen molar-refractivity contribution in [2.45, 2.75) is 187 Å². The van der Waals surface area contributed by atoms with E-state index >= 15 is 0 Å². The van der Waals surface area contributed by atoms with E-state index in [9.17, 15) is 28.9 Å². The van der Waals surface area contributed by atoms with Crippen molar-refractivity contribution < 1.29 is 52.2 Å². The minimum Gasteiger partial charge on any atom is -0.462 e. The van der Waals surface area contributed by atoms with E-state index in [1.54, 1.807) is 0 Å². The van der Waals surface area contributed by atoms with Crippen molar-refractivity contribution in [2.24, 2.45) is 0 Å². The first-order valence-electron chi connectivity index (χ1n) is 23.5. The average Bonchev–Trinajstić information content (AvgIpc) is 3.25. The molecule has 0 amide bonds. The van der Waals surface area contributed by atoms with Crippen LogP contribution in [-0.2, 0) is 42.2 Å². The van der Waals surface area contributed by atoms with Crippen LogP contribution in [0.25, 0.3) is 0 Å². The molecule has 0 aromatic carbocycles. The molecule has 2 N–H and O–H groups in total. The van der Waals surface area contributed by atoms with Gasteiger partial charge < -0.3 is 24.2 Å². The van der Waals surface area contributed by atoms with Gasteiger partial charge in [0.25, 0.3) is 0 Å². The molecule has 0 aromatic rings. The third kappa shape index (κ3) is 42.0. The minimum absolute atomic E-state index is 0.0373. The number of carbonyl (C=O) groups excluding carboxylic acids is 3. The first-order valence-corrected chi connectivity index (χ1v) is 25.0. The highest BCUT2D eigenvalue weighted by molar-refractivity contribution is 7.47. The van der Waals surface area contributed by atoms with Gasteiger partial charge in [0, 0.05) is 19.3 Å². The number of aliphatic hydroxyl groups excluding tert-OH is 1. The standard InChI is InChI=1S/C50H83O11P/c1-4-7-10-13-16-19-21-23-25-28-30-33-36-39-48(52)57-43-47(61-50(54)41-38-35-32-29-26-24-22-20-17-14-11-8-5-2)45-59-62(55,56)58-44-46(42-51)60-49(53)40-37-34-31-27-18-15-12-9-6-3/h7-8,10-11,16-17,19-20,23-26,32,35,46-47,51H,4-6,9,12-15,18,21-22,27-31,33-34,36-45H2,1-3H3,(H,55,56)/b10-7-,11-8-,19-16-,20-17-,25-23-,26-24-,35-32-. The summed E-state index contributed by atoms with van der Waals surface area (Å²) < 4.78 is 39.0. The smallest absolute Gasteiger partial charge is 0.462 e. The van der Waals surface area contributed by atoms with E-state index in [0.717, 1.165) is 83.5 Å². The summed E-state index contributed by atoms with van der Waals surface area (Å²) in [5.74, 6) is -1.61. The molecule has 0 aliphatic rings. The molecule has 0 fully saturated rings. The number of unbranched alkanes of at least 4 members (excludes halogenated alkanes) is 11. The molecule has 0 spiro atoms. The van der Waals surface area contributed by atoms with E-state index in [1.807, 2.05) is 12.2 Å². The molecule has 0 saturated heterocycles. The quantitative estimate of drug-likeness (QED) is 0.0198. The zero-order valence-corrected chi connectivity index (χ0v) is 39.4. The van der Waals surface area contributed by atoms with Crippen LogP contribution < -0.4 is 0 Å². The molecule has 0 bridgehead atoms. The van der Waals surface area contributed by atoms with Gasteiger partial charge in [0.2, 0.25) is 0 Å². The first-order chi connectivity index (χ1) is 30.2. The van der Waals surface area contributed by atoms with Crippen LogP contribution in [0.2, 0.25) is 0 Å². The van der Waals surface area contributed by atoms with Gasteiger partial charge in [-0.25, -0.2) is 4.57 Å². The molecule has 0 radical (unpaired) electrons. The lowest BCUT2D eigenvalue weighted by Crippen LogP contribution is -2.30. The van der Waals surface area contributed by atoms with Crippen LogP contribution in [0.3, 0.4) is 0 Å². The lowest BCUT2D eigenvalue weighted by atomic mass is 10.1. The highest BCUT2D eigenvalue weighted by Gasteiger charge is 2.28. The van der Waals surface area contributed by atoms with Crippen LogP contribution in [0.1, 0.15) is 175 Å². The van der Waals surface area contributed by atoms with Crippen LogP contribution in [0.15, 0.2) is 85.1 Å². The van der Waals surface area contributed by atoms with Gasteiger partial charge in [-0.1, -0.05) is 164 Å². The lowest BCUT2D eigenvalue weighted by molar-refractivity contribution is -0.161. The summed E-state index contributed by atoms with van der Waals surface area (Å²) in [6.07, 6.45) is 47.4. The maximum absolute atomic E-state index is 12.8. The predicted octanol–water partition coefficient (Wildman–Crippen LogP) is 12.8. The number of allylic oxidation sites excluding steroid dienone is 14. The van der Waals surface area contributed by atoms with Crippen LogP contribution in [0.4, 0.5) is 0 Å². The maximum atomic E-state index is 12.8. The Labute approximate surface area is 375 Å². The van der Waals surface area contributed by atoms with Gasteiger partial charge in [0.1, 0.15) is 12.7 Å². The summed E-state index contributed by atoms with van der Waals surface area (Å²) in [6, 6.07) is 0. The van der Waals surface area contributed by atoms with Gasteiger partial charge in [-0.3, -0.25) is 23.4 Å². The Hall–Kier alpha value is -3.34. The Bertz CT molecular complexity index is 1360. The van der Waals surface area contributed by atoms with Crippen LogP contribution in [0, 0.1) is 0 Å². The first kappa shape index (κ1) is 58.7. The number of phosphoric ester groups is 1. The molecule has 3 unspecified atom stereocenters. The lowest BCUT2D eigenvalue weighted by Gasteiger charge is -2.21. The number of carbonyl (C=O) groups is 3. The second-order valence-corrected chi connectivity index (χ2v) is 16.6. The number of esters is 3. The van der Waals surface area contributed by atoms with E-state index in [-0.39, 0.29) is 25.9 Å². The van der Waals surface area contributed by atoms with Crippen LogP contribution >= 0.6 is 7.82 Å². The van der Waals surface area contributed by atoms with Crippen molar-refractivity contribution in [3.8, 4) is 0 Å². The second-order valence-electron chi connectivity index (χ2n) is 15.2. The number of phosphoric acid groups is 1. The van der Waals surface area contributed by atoms with Crippen molar-refractivity contribution >= 4 is 25.7 Å². The van der Waals surface area contributed by atoms with Crippen molar-refractivity contribution in [1.29, 1.82) is 0 Å². The fourth-order valence-corrected chi connectivity index (χ4v) is 6.58. The van der Waals surface area contributed by atoms with Crippen LogP contribution in [-0.4, -0.2) is 66.5 Å². The molecule has 11 nitrogen and oxygen atoms in total. The molecule has 12 heteroatoms. The number of ether oxygens (including phenoxy) is 3. The average molecular weight is 891 g/mol. The molecule has 0 aliphatic carbocycles. The van der Waals surface area contributed by atoms with Gasteiger partial charge in [0.15, 0.2) is 6.10 Å². The third-order valence-corrected chi connectivity index (χ3v) is 10.3. The molecule has 3 atom stereocenters. The molecule has 0 rings (SSSR count). The molecule has 0 aromatic heterocycles.